The van der Waals surface area contributed by atoms with Crippen LogP contribution in [-0.2, 0) is 20.7 Å². The summed E-state index contributed by atoms with van der Waals surface area (Å²) in [5.41, 5.74) is 3.02. The third kappa shape index (κ3) is 5.44. The topological polar surface area (TPSA) is 64.6 Å². The van der Waals surface area contributed by atoms with E-state index in [0.717, 1.165) is 27.5 Å². The Morgan fingerprint density at radius 1 is 0.765 bits per heavy atom. The first kappa shape index (κ1) is 23.1. The molecule has 0 heterocycles. The molecule has 0 aliphatic heterocycles. The van der Waals surface area contributed by atoms with Crippen molar-refractivity contribution >= 4 is 22.6 Å². The zero-order valence-corrected chi connectivity index (χ0v) is 19.1. The maximum atomic E-state index is 13.3. The maximum Gasteiger partial charge on any atom is 0.343 e. The van der Waals surface area contributed by atoms with E-state index >= 15 is 0 Å². The molecule has 34 heavy (non-hydrogen) atoms. The Balaban J connectivity index is 1.48. The predicted octanol–water partition coefficient (Wildman–Crippen LogP) is 4.88. The summed E-state index contributed by atoms with van der Waals surface area (Å²) < 4.78 is 10.3. The Labute approximate surface area is 199 Å². The van der Waals surface area contributed by atoms with Gasteiger partial charge in [0.1, 0.15) is 5.75 Å². The second-order valence-corrected chi connectivity index (χ2v) is 7.93. The second-order valence-electron chi connectivity index (χ2n) is 7.93. The molecule has 0 spiro atoms. The van der Waals surface area contributed by atoms with Crippen molar-refractivity contribution in [1.82, 2.24) is 5.32 Å². The number of benzene rings is 4. The number of amides is 1. The zero-order chi connectivity index (χ0) is 23.8. The first-order valence-corrected chi connectivity index (χ1v) is 11.2. The van der Waals surface area contributed by atoms with Crippen molar-refractivity contribution in [1.29, 1.82) is 0 Å². The summed E-state index contributed by atoms with van der Waals surface area (Å²) in [4.78, 5) is 24.7. The van der Waals surface area contributed by atoms with Gasteiger partial charge >= 0.3 is 5.97 Å². The molecule has 4 aromatic rings. The molecule has 4 rings (SSSR count). The molecule has 0 saturated carbocycles. The van der Waals surface area contributed by atoms with Crippen LogP contribution in [0, 0.1) is 0 Å². The Morgan fingerprint density at radius 3 is 2.03 bits per heavy atom. The minimum absolute atomic E-state index is 0.0280. The van der Waals surface area contributed by atoms with Crippen LogP contribution >= 0.6 is 0 Å². The minimum Gasteiger partial charge on any atom is -0.481 e. The van der Waals surface area contributed by atoms with Crippen LogP contribution in [0.5, 0.6) is 5.75 Å². The van der Waals surface area contributed by atoms with Crippen LogP contribution in [0.15, 0.2) is 97.1 Å². The molecule has 1 amide bonds. The van der Waals surface area contributed by atoms with Gasteiger partial charge in [-0.3, -0.25) is 4.79 Å². The number of ether oxygens (including phenoxy) is 2. The molecule has 0 aliphatic rings. The SMILES string of the molecule is COC(=O)COc1cccc2c(CCNC(=O)C(c3ccccc3)c3ccccc3)cccc12. The normalized spacial score (nSPS) is 10.8. The quantitative estimate of drug-likeness (QED) is 0.367. The molecule has 0 saturated heterocycles. The molecule has 0 unspecified atom stereocenters. The van der Waals surface area contributed by atoms with Crippen molar-refractivity contribution < 1.29 is 19.1 Å². The number of esters is 1. The van der Waals surface area contributed by atoms with Crippen molar-refractivity contribution in [2.24, 2.45) is 0 Å². The molecule has 0 aliphatic carbocycles. The number of methoxy groups -OCH3 is 1. The third-order valence-corrected chi connectivity index (χ3v) is 5.77. The van der Waals surface area contributed by atoms with E-state index in [1.54, 1.807) is 0 Å². The van der Waals surface area contributed by atoms with Gasteiger partial charge in [0.05, 0.1) is 13.0 Å². The Morgan fingerprint density at radius 2 is 1.38 bits per heavy atom. The largest absolute Gasteiger partial charge is 0.481 e. The van der Waals surface area contributed by atoms with E-state index in [1.165, 1.54) is 7.11 Å². The van der Waals surface area contributed by atoms with Gasteiger partial charge in [-0.2, -0.15) is 0 Å². The van der Waals surface area contributed by atoms with Crippen LogP contribution < -0.4 is 10.1 Å². The fourth-order valence-corrected chi connectivity index (χ4v) is 4.09. The van der Waals surface area contributed by atoms with Crippen LogP contribution in [0.25, 0.3) is 10.8 Å². The van der Waals surface area contributed by atoms with E-state index in [9.17, 15) is 9.59 Å². The lowest BCUT2D eigenvalue weighted by molar-refractivity contribution is -0.142. The third-order valence-electron chi connectivity index (χ3n) is 5.77. The van der Waals surface area contributed by atoms with Crippen molar-refractivity contribution in [3.8, 4) is 5.75 Å². The van der Waals surface area contributed by atoms with Crippen molar-refractivity contribution in [2.45, 2.75) is 12.3 Å². The number of hydrogen-bond acceptors (Lipinski definition) is 4. The van der Waals surface area contributed by atoms with Gasteiger partial charge in [-0.25, -0.2) is 4.79 Å². The Kier molecular flexibility index (Phi) is 7.56. The number of fused-ring (bicyclic) bond motifs is 1. The summed E-state index contributed by atoms with van der Waals surface area (Å²) >= 11 is 0. The zero-order valence-electron chi connectivity index (χ0n) is 19.1. The molecular weight excluding hydrogens is 426 g/mol. The Hall–Kier alpha value is -4.12. The van der Waals surface area contributed by atoms with Crippen LogP contribution in [0.3, 0.4) is 0 Å². The van der Waals surface area contributed by atoms with E-state index in [2.05, 4.69) is 10.1 Å². The highest BCUT2D eigenvalue weighted by Crippen LogP contribution is 2.29. The van der Waals surface area contributed by atoms with Gasteiger partial charge in [0.2, 0.25) is 5.91 Å². The summed E-state index contributed by atoms with van der Waals surface area (Å²) in [5.74, 6) is -0.197. The highest BCUT2D eigenvalue weighted by Gasteiger charge is 2.22. The molecule has 172 valence electrons. The highest BCUT2D eigenvalue weighted by molar-refractivity contribution is 5.91. The van der Waals surface area contributed by atoms with Crippen molar-refractivity contribution in [3.63, 3.8) is 0 Å². The lowest BCUT2D eigenvalue weighted by Gasteiger charge is -2.18. The average Bonchev–Trinajstić information content (AvgIpc) is 2.89. The van der Waals surface area contributed by atoms with E-state index in [0.29, 0.717) is 18.7 Å². The van der Waals surface area contributed by atoms with Gasteiger partial charge in [-0.15, -0.1) is 0 Å². The maximum absolute atomic E-state index is 13.3. The highest BCUT2D eigenvalue weighted by atomic mass is 16.6. The Bertz CT molecular complexity index is 1220. The molecule has 5 heteroatoms. The molecule has 1 N–H and O–H groups in total. The molecule has 4 aromatic carbocycles. The second kappa shape index (κ2) is 11.1. The van der Waals surface area contributed by atoms with Crippen LogP contribution in [0.2, 0.25) is 0 Å². The van der Waals surface area contributed by atoms with E-state index < -0.39 is 5.97 Å². The van der Waals surface area contributed by atoms with Crippen LogP contribution in [-0.4, -0.2) is 32.1 Å². The summed E-state index contributed by atoms with van der Waals surface area (Å²) in [6, 6.07) is 31.4. The number of carbonyl (C=O) groups excluding carboxylic acids is 2. The summed E-state index contributed by atoms with van der Waals surface area (Å²) in [7, 11) is 1.33. The summed E-state index contributed by atoms with van der Waals surface area (Å²) in [6.07, 6.45) is 0.667. The summed E-state index contributed by atoms with van der Waals surface area (Å²) in [5, 5.41) is 5.07. The van der Waals surface area contributed by atoms with Gasteiger partial charge in [0, 0.05) is 11.9 Å². The lowest BCUT2D eigenvalue weighted by atomic mass is 9.90. The van der Waals surface area contributed by atoms with Gasteiger partial charge in [-0.1, -0.05) is 91.0 Å². The molecular formula is C29H27NO4. The number of nitrogens with one attached hydrogen (secondary N) is 1. The van der Waals surface area contributed by atoms with Gasteiger partial charge in [0.25, 0.3) is 0 Å². The number of carbonyl (C=O) groups is 2. The first-order chi connectivity index (χ1) is 16.7. The molecule has 5 nitrogen and oxygen atoms in total. The van der Waals surface area contributed by atoms with E-state index in [4.69, 9.17) is 4.74 Å². The molecule has 0 atom stereocenters. The average molecular weight is 454 g/mol. The van der Waals surface area contributed by atoms with E-state index in [-0.39, 0.29) is 18.4 Å². The molecule has 0 fully saturated rings. The van der Waals surface area contributed by atoms with Gasteiger partial charge < -0.3 is 14.8 Å². The minimum atomic E-state index is -0.428. The van der Waals surface area contributed by atoms with Crippen LogP contribution in [0.4, 0.5) is 0 Å². The monoisotopic (exact) mass is 453 g/mol. The number of rotatable bonds is 9. The van der Waals surface area contributed by atoms with Gasteiger partial charge in [0.15, 0.2) is 6.61 Å². The first-order valence-electron chi connectivity index (χ1n) is 11.2. The molecule has 0 aromatic heterocycles. The van der Waals surface area contributed by atoms with Crippen molar-refractivity contribution in [2.75, 3.05) is 20.3 Å². The number of hydrogen-bond donors (Lipinski definition) is 1. The standard InChI is InChI=1S/C29H27NO4/c1-33-27(31)20-34-26-17-9-15-24-21(14-8-16-25(24)26)18-19-30-29(32)28(22-10-4-2-5-11-22)23-12-6-3-7-13-23/h2-17,28H,18-20H2,1H3,(H,30,32). The fraction of sp³-hybridized carbons (Fsp3) is 0.172. The van der Waals surface area contributed by atoms with Crippen LogP contribution in [0.1, 0.15) is 22.6 Å². The molecule has 0 radical (unpaired) electrons. The summed E-state index contributed by atoms with van der Waals surface area (Å²) in [6.45, 7) is 0.359. The fourth-order valence-electron chi connectivity index (χ4n) is 4.09. The smallest absolute Gasteiger partial charge is 0.343 e. The predicted molar refractivity (Wildman–Crippen MR) is 133 cm³/mol. The lowest BCUT2D eigenvalue weighted by Crippen LogP contribution is -2.31. The van der Waals surface area contributed by atoms with E-state index in [1.807, 2.05) is 97.1 Å². The molecule has 0 bridgehead atoms. The van der Waals surface area contributed by atoms with Gasteiger partial charge in [-0.05, 0) is 34.6 Å². The van der Waals surface area contributed by atoms with Crippen molar-refractivity contribution in [3.05, 3.63) is 114 Å².